The van der Waals surface area contributed by atoms with Gasteiger partial charge in [-0.15, -0.1) is 0 Å². The van der Waals surface area contributed by atoms with Gasteiger partial charge in [-0.1, -0.05) is 0 Å². The van der Waals surface area contributed by atoms with Gasteiger partial charge in [0.2, 0.25) is 5.91 Å². The Kier molecular flexibility index (Phi) is 5.25. The van der Waals surface area contributed by atoms with Crippen LogP contribution in [-0.4, -0.2) is 55.2 Å². The highest BCUT2D eigenvalue weighted by Gasteiger charge is 2.14. The molecule has 1 aromatic carbocycles. The molecular weight excluding hydrogens is 258 g/mol. The molecule has 0 atom stereocenters. The number of ketones is 1. The van der Waals surface area contributed by atoms with Crippen molar-refractivity contribution in [3.05, 3.63) is 29.8 Å². The van der Waals surface area contributed by atoms with Gasteiger partial charge in [-0.2, -0.15) is 0 Å². The number of nitrogens with zero attached hydrogens (tertiary/aromatic N) is 2. The summed E-state index contributed by atoms with van der Waals surface area (Å²) in [6.45, 7) is 1.48. The van der Waals surface area contributed by atoms with Crippen molar-refractivity contribution >= 4 is 23.4 Å². The van der Waals surface area contributed by atoms with Gasteiger partial charge in [-0.3, -0.25) is 9.59 Å². The van der Waals surface area contributed by atoms with Crippen molar-refractivity contribution < 1.29 is 14.4 Å². The molecule has 20 heavy (non-hydrogen) atoms. The van der Waals surface area contributed by atoms with Gasteiger partial charge in [0, 0.05) is 32.4 Å². The summed E-state index contributed by atoms with van der Waals surface area (Å²) in [5, 5.41) is 2.66. The lowest BCUT2D eigenvalue weighted by Gasteiger charge is -2.19. The molecule has 0 unspecified atom stereocenters. The number of carbonyl (C=O) groups excluding carboxylic acids is 3. The molecule has 0 bridgehead atoms. The molecular formula is C14H19N3O3. The van der Waals surface area contributed by atoms with E-state index in [1.807, 2.05) is 0 Å². The van der Waals surface area contributed by atoms with Crippen molar-refractivity contribution in [1.29, 1.82) is 0 Å². The fourth-order valence-electron chi connectivity index (χ4n) is 1.42. The molecule has 1 N–H and O–H groups in total. The number of benzene rings is 1. The molecule has 0 aliphatic carbocycles. The van der Waals surface area contributed by atoms with E-state index in [4.69, 9.17) is 0 Å². The molecule has 1 rings (SSSR count). The van der Waals surface area contributed by atoms with E-state index in [2.05, 4.69) is 5.32 Å². The molecule has 0 saturated heterocycles. The first kappa shape index (κ1) is 15.7. The zero-order valence-electron chi connectivity index (χ0n) is 12.1. The Hall–Kier alpha value is -2.37. The first-order valence-electron chi connectivity index (χ1n) is 6.14. The summed E-state index contributed by atoms with van der Waals surface area (Å²) in [5.74, 6) is -0.189. The minimum atomic E-state index is -0.379. The molecule has 0 radical (unpaired) electrons. The predicted octanol–water partition coefficient (Wildman–Crippen LogP) is 1.44. The number of rotatable bonds is 4. The number of carbonyl (C=O) groups is 3. The average Bonchev–Trinajstić information content (AvgIpc) is 2.38. The molecule has 3 amide bonds. The van der Waals surface area contributed by atoms with Gasteiger partial charge in [0.1, 0.15) is 6.54 Å². The van der Waals surface area contributed by atoms with E-state index in [0.717, 1.165) is 0 Å². The zero-order valence-corrected chi connectivity index (χ0v) is 12.1. The van der Waals surface area contributed by atoms with Crippen molar-refractivity contribution in [1.82, 2.24) is 9.80 Å². The maximum atomic E-state index is 11.9. The molecule has 0 spiro atoms. The van der Waals surface area contributed by atoms with Crippen LogP contribution in [0.4, 0.5) is 10.5 Å². The number of amides is 3. The number of hydrogen-bond donors (Lipinski definition) is 1. The van der Waals surface area contributed by atoms with Crippen LogP contribution in [0, 0.1) is 0 Å². The van der Waals surface area contributed by atoms with Crippen LogP contribution in [0.25, 0.3) is 0 Å². The zero-order chi connectivity index (χ0) is 15.3. The first-order valence-corrected chi connectivity index (χ1v) is 6.14. The van der Waals surface area contributed by atoms with E-state index in [1.165, 1.54) is 16.7 Å². The molecule has 0 heterocycles. The summed E-state index contributed by atoms with van der Waals surface area (Å²) in [7, 11) is 4.81. The molecule has 0 aromatic heterocycles. The van der Waals surface area contributed by atoms with Gasteiger partial charge in [0.25, 0.3) is 0 Å². The SMILES string of the molecule is CC(=O)c1ccc(NC(=O)N(C)CC(=O)N(C)C)cc1. The molecule has 108 valence electrons. The summed E-state index contributed by atoms with van der Waals surface area (Å²) >= 11 is 0. The Balaban J connectivity index is 2.61. The largest absolute Gasteiger partial charge is 0.347 e. The molecule has 0 aliphatic heterocycles. The van der Waals surface area contributed by atoms with E-state index in [-0.39, 0.29) is 24.3 Å². The highest BCUT2D eigenvalue weighted by atomic mass is 16.2. The minimum absolute atomic E-state index is 0.00433. The lowest BCUT2D eigenvalue weighted by molar-refractivity contribution is -0.129. The van der Waals surface area contributed by atoms with Gasteiger partial charge in [0.15, 0.2) is 5.78 Å². The third-order valence-corrected chi connectivity index (χ3v) is 2.76. The Morgan fingerprint density at radius 1 is 1.05 bits per heavy atom. The van der Waals surface area contributed by atoms with Gasteiger partial charge < -0.3 is 15.1 Å². The van der Waals surface area contributed by atoms with Crippen molar-refractivity contribution in [2.75, 3.05) is 33.0 Å². The number of urea groups is 1. The van der Waals surface area contributed by atoms with E-state index in [9.17, 15) is 14.4 Å². The van der Waals surface area contributed by atoms with Gasteiger partial charge in [-0.05, 0) is 31.2 Å². The fraction of sp³-hybridized carbons (Fsp3) is 0.357. The summed E-state index contributed by atoms with van der Waals surface area (Å²) in [6, 6.07) is 6.20. The number of Topliss-reactive ketones (excluding diaryl/α,β-unsaturated/α-hetero) is 1. The van der Waals surface area contributed by atoms with Gasteiger partial charge >= 0.3 is 6.03 Å². The van der Waals surface area contributed by atoms with Crippen LogP contribution in [0.3, 0.4) is 0 Å². The summed E-state index contributed by atoms with van der Waals surface area (Å²) in [6.07, 6.45) is 0. The fourth-order valence-corrected chi connectivity index (χ4v) is 1.42. The van der Waals surface area contributed by atoms with Crippen molar-refractivity contribution in [3.8, 4) is 0 Å². The molecule has 6 nitrogen and oxygen atoms in total. The topological polar surface area (TPSA) is 69.7 Å². The monoisotopic (exact) mass is 277 g/mol. The third kappa shape index (κ3) is 4.38. The second-order valence-corrected chi connectivity index (χ2v) is 4.71. The average molecular weight is 277 g/mol. The Labute approximate surface area is 118 Å². The molecule has 6 heteroatoms. The lowest BCUT2D eigenvalue weighted by Crippen LogP contribution is -2.39. The third-order valence-electron chi connectivity index (χ3n) is 2.76. The van der Waals surface area contributed by atoms with Gasteiger partial charge in [-0.25, -0.2) is 4.79 Å². The standard InChI is InChI=1S/C14H19N3O3/c1-10(18)11-5-7-12(8-6-11)15-14(20)17(4)9-13(19)16(2)3/h5-8H,9H2,1-4H3,(H,15,20). The highest BCUT2D eigenvalue weighted by Crippen LogP contribution is 2.10. The van der Waals surface area contributed by atoms with Crippen LogP contribution < -0.4 is 5.32 Å². The quantitative estimate of drug-likeness (QED) is 0.847. The number of hydrogen-bond acceptors (Lipinski definition) is 3. The summed E-state index contributed by atoms with van der Waals surface area (Å²) < 4.78 is 0. The van der Waals surface area contributed by atoms with Crippen LogP contribution in [0.1, 0.15) is 17.3 Å². The molecule has 1 aromatic rings. The Bertz CT molecular complexity index is 509. The first-order chi connectivity index (χ1) is 9.31. The molecule has 0 saturated carbocycles. The van der Waals surface area contributed by atoms with Crippen LogP contribution in [-0.2, 0) is 4.79 Å². The summed E-state index contributed by atoms with van der Waals surface area (Å²) in [4.78, 5) is 37.2. The molecule has 0 aliphatic rings. The Morgan fingerprint density at radius 3 is 2.05 bits per heavy atom. The van der Waals surface area contributed by atoms with E-state index < -0.39 is 0 Å². The smallest absolute Gasteiger partial charge is 0.322 e. The maximum absolute atomic E-state index is 11.9. The van der Waals surface area contributed by atoms with Crippen molar-refractivity contribution in [2.45, 2.75) is 6.92 Å². The summed E-state index contributed by atoms with van der Waals surface area (Å²) in [5.41, 5.74) is 1.16. The number of anilines is 1. The lowest BCUT2D eigenvalue weighted by atomic mass is 10.1. The van der Waals surface area contributed by atoms with E-state index in [0.29, 0.717) is 11.3 Å². The van der Waals surface area contributed by atoms with Crippen LogP contribution >= 0.6 is 0 Å². The van der Waals surface area contributed by atoms with E-state index >= 15 is 0 Å². The predicted molar refractivity (Wildman–Crippen MR) is 76.8 cm³/mol. The van der Waals surface area contributed by atoms with E-state index in [1.54, 1.807) is 45.4 Å². The number of nitrogens with one attached hydrogen (secondary N) is 1. The van der Waals surface area contributed by atoms with Crippen LogP contribution in [0.5, 0.6) is 0 Å². The molecule has 0 fully saturated rings. The number of likely N-dealkylation sites (N-methyl/N-ethyl adjacent to an activating group) is 2. The Morgan fingerprint density at radius 2 is 1.60 bits per heavy atom. The second kappa shape index (κ2) is 6.70. The van der Waals surface area contributed by atoms with Crippen molar-refractivity contribution in [3.63, 3.8) is 0 Å². The van der Waals surface area contributed by atoms with Crippen LogP contribution in [0.2, 0.25) is 0 Å². The minimum Gasteiger partial charge on any atom is -0.347 e. The van der Waals surface area contributed by atoms with Gasteiger partial charge in [0.05, 0.1) is 0 Å². The second-order valence-electron chi connectivity index (χ2n) is 4.71. The maximum Gasteiger partial charge on any atom is 0.322 e. The van der Waals surface area contributed by atoms with Crippen molar-refractivity contribution in [2.24, 2.45) is 0 Å². The normalized spacial score (nSPS) is 9.80. The van der Waals surface area contributed by atoms with Crippen LogP contribution in [0.15, 0.2) is 24.3 Å². The highest BCUT2D eigenvalue weighted by molar-refractivity contribution is 5.95.